The van der Waals surface area contributed by atoms with Crippen LogP contribution in [0.1, 0.15) is 25.8 Å². The van der Waals surface area contributed by atoms with E-state index >= 15 is 0 Å². The maximum Gasteiger partial charge on any atom is 0.304 e. The number of benzene rings is 1. The first-order valence-corrected chi connectivity index (χ1v) is 6.23. The summed E-state index contributed by atoms with van der Waals surface area (Å²) >= 11 is 0. The van der Waals surface area contributed by atoms with Gasteiger partial charge in [-0.1, -0.05) is 6.92 Å². The van der Waals surface area contributed by atoms with Gasteiger partial charge in [-0.3, -0.25) is 19.8 Å². The Kier molecular flexibility index (Phi) is 5.57. The lowest BCUT2D eigenvalue weighted by atomic mass is 10.1. The highest BCUT2D eigenvalue weighted by molar-refractivity contribution is 5.67. The first-order valence-electron chi connectivity index (χ1n) is 6.23. The van der Waals surface area contributed by atoms with Crippen molar-refractivity contribution >= 4 is 11.7 Å². The summed E-state index contributed by atoms with van der Waals surface area (Å²) in [6.07, 6.45) is -0.0725. The van der Waals surface area contributed by atoms with Gasteiger partial charge in [0.2, 0.25) is 0 Å². The van der Waals surface area contributed by atoms with Crippen molar-refractivity contribution in [1.82, 2.24) is 4.90 Å². The molecule has 7 heteroatoms. The van der Waals surface area contributed by atoms with E-state index < -0.39 is 16.7 Å². The van der Waals surface area contributed by atoms with Gasteiger partial charge >= 0.3 is 5.97 Å². The molecule has 0 bridgehead atoms. The fraction of sp³-hybridized carbons (Fsp3) is 0.462. The number of carboxylic acid groups (broad SMARTS) is 1. The number of nitrogens with zero attached hydrogens (tertiary/aromatic N) is 2. The van der Waals surface area contributed by atoms with Gasteiger partial charge in [-0.25, -0.2) is 4.39 Å². The normalized spacial score (nSPS) is 12.4. The Hall–Kier alpha value is -2.02. The van der Waals surface area contributed by atoms with E-state index in [-0.39, 0.29) is 30.3 Å². The van der Waals surface area contributed by atoms with Crippen molar-refractivity contribution in [3.8, 4) is 0 Å². The highest BCUT2D eigenvalue weighted by Gasteiger charge is 2.21. The van der Waals surface area contributed by atoms with Gasteiger partial charge in [0.15, 0.2) is 0 Å². The molecule has 110 valence electrons. The summed E-state index contributed by atoms with van der Waals surface area (Å²) in [7, 11) is 0. The van der Waals surface area contributed by atoms with E-state index in [0.29, 0.717) is 6.54 Å². The van der Waals surface area contributed by atoms with Crippen molar-refractivity contribution in [3.63, 3.8) is 0 Å². The zero-order chi connectivity index (χ0) is 15.3. The molecule has 0 aliphatic rings. The van der Waals surface area contributed by atoms with Crippen LogP contribution in [0, 0.1) is 15.9 Å². The first-order chi connectivity index (χ1) is 9.35. The molecule has 0 aliphatic carbocycles. The smallest absolute Gasteiger partial charge is 0.304 e. The van der Waals surface area contributed by atoms with E-state index in [2.05, 4.69) is 0 Å². The molecule has 0 amide bonds. The van der Waals surface area contributed by atoms with Gasteiger partial charge < -0.3 is 5.11 Å². The molecule has 20 heavy (non-hydrogen) atoms. The highest BCUT2D eigenvalue weighted by Crippen LogP contribution is 2.22. The van der Waals surface area contributed by atoms with Crippen LogP contribution < -0.4 is 0 Å². The number of carboxylic acids is 1. The second-order valence-electron chi connectivity index (χ2n) is 4.54. The topological polar surface area (TPSA) is 83.7 Å². The second-order valence-corrected chi connectivity index (χ2v) is 4.54. The van der Waals surface area contributed by atoms with Gasteiger partial charge in [0.25, 0.3) is 5.69 Å². The minimum absolute atomic E-state index is 0.0725. The van der Waals surface area contributed by atoms with Gasteiger partial charge in [0.05, 0.1) is 11.3 Å². The third-order valence-corrected chi connectivity index (χ3v) is 3.11. The number of hydrogen-bond donors (Lipinski definition) is 1. The van der Waals surface area contributed by atoms with E-state index in [4.69, 9.17) is 5.11 Å². The molecule has 0 saturated carbocycles. The van der Waals surface area contributed by atoms with Crippen LogP contribution in [0.3, 0.4) is 0 Å². The lowest BCUT2D eigenvalue weighted by Gasteiger charge is -2.26. The number of rotatable bonds is 7. The molecule has 1 aromatic rings. The van der Waals surface area contributed by atoms with Crippen LogP contribution in [-0.2, 0) is 11.3 Å². The molecular formula is C13H17FN2O4. The molecule has 6 nitrogen and oxygen atoms in total. The fourth-order valence-electron chi connectivity index (χ4n) is 2.04. The Labute approximate surface area is 116 Å². The Balaban J connectivity index is 2.97. The van der Waals surface area contributed by atoms with E-state index in [1.807, 2.05) is 6.92 Å². The molecule has 1 atom stereocenters. The van der Waals surface area contributed by atoms with Crippen LogP contribution in [0.5, 0.6) is 0 Å². The fourth-order valence-corrected chi connectivity index (χ4v) is 2.04. The maximum atomic E-state index is 13.2. The minimum atomic E-state index is -0.940. The molecule has 1 N–H and O–H groups in total. The van der Waals surface area contributed by atoms with Crippen molar-refractivity contribution in [2.75, 3.05) is 6.54 Å². The van der Waals surface area contributed by atoms with Gasteiger partial charge in [0, 0.05) is 24.2 Å². The largest absolute Gasteiger partial charge is 0.481 e. The first kappa shape index (κ1) is 16.0. The third-order valence-electron chi connectivity index (χ3n) is 3.11. The van der Waals surface area contributed by atoms with Crippen LogP contribution >= 0.6 is 0 Å². The van der Waals surface area contributed by atoms with Gasteiger partial charge in [-0.15, -0.1) is 0 Å². The number of halogens is 1. The summed E-state index contributed by atoms with van der Waals surface area (Å²) in [6, 6.07) is 2.99. The van der Waals surface area contributed by atoms with Crippen LogP contribution in [0.2, 0.25) is 0 Å². The van der Waals surface area contributed by atoms with Crippen molar-refractivity contribution < 1.29 is 19.2 Å². The van der Waals surface area contributed by atoms with Crippen molar-refractivity contribution in [2.24, 2.45) is 0 Å². The molecule has 0 saturated heterocycles. The van der Waals surface area contributed by atoms with Crippen molar-refractivity contribution in [1.29, 1.82) is 0 Å². The predicted molar refractivity (Wildman–Crippen MR) is 70.9 cm³/mol. The SMILES string of the molecule is CCN(Cc1cc(F)ccc1[N+](=O)[O-])C(C)CC(=O)O. The maximum absolute atomic E-state index is 13.2. The molecule has 0 aromatic heterocycles. The summed E-state index contributed by atoms with van der Waals surface area (Å²) in [4.78, 5) is 22.8. The van der Waals surface area contributed by atoms with E-state index in [0.717, 1.165) is 18.2 Å². The number of hydrogen-bond acceptors (Lipinski definition) is 4. The van der Waals surface area contributed by atoms with Gasteiger partial charge in [-0.05, 0) is 25.6 Å². The van der Waals surface area contributed by atoms with Crippen LogP contribution in [0.4, 0.5) is 10.1 Å². The highest BCUT2D eigenvalue weighted by atomic mass is 19.1. The Morgan fingerprint density at radius 2 is 2.20 bits per heavy atom. The zero-order valence-corrected chi connectivity index (χ0v) is 11.4. The quantitative estimate of drug-likeness (QED) is 0.614. The standard InChI is InChI=1S/C13H17FN2O4/c1-3-15(9(2)6-13(17)18)8-10-7-11(14)4-5-12(10)16(19)20/h4-5,7,9H,3,6,8H2,1-2H3,(H,17,18). The molecule has 1 rings (SSSR count). The predicted octanol–water partition coefficient (Wildman–Crippen LogP) is 2.42. The van der Waals surface area contributed by atoms with Crippen molar-refractivity contribution in [2.45, 2.75) is 32.9 Å². The Bertz CT molecular complexity index is 507. The van der Waals surface area contributed by atoms with Gasteiger partial charge in [0.1, 0.15) is 5.82 Å². The van der Waals surface area contributed by atoms with Crippen molar-refractivity contribution in [3.05, 3.63) is 39.7 Å². The minimum Gasteiger partial charge on any atom is -0.481 e. The Morgan fingerprint density at radius 3 is 2.70 bits per heavy atom. The van der Waals surface area contributed by atoms with Crippen LogP contribution in [0.15, 0.2) is 18.2 Å². The molecule has 0 heterocycles. The second kappa shape index (κ2) is 6.95. The van der Waals surface area contributed by atoms with E-state index in [1.54, 1.807) is 11.8 Å². The van der Waals surface area contributed by atoms with Gasteiger partial charge in [-0.2, -0.15) is 0 Å². The molecule has 1 unspecified atom stereocenters. The average Bonchev–Trinajstić information content (AvgIpc) is 2.34. The third kappa shape index (κ3) is 4.27. The summed E-state index contributed by atoms with van der Waals surface area (Å²) < 4.78 is 13.2. The number of nitro groups is 1. The molecule has 0 radical (unpaired) electrons. The Morgan fingerprint density at radius 1 is 1.55 bits per heavy atom. The van der Waals surface area contributed by atoms with E-state index in [1.165, 1.54) is 0 Å². The number of nitro benzene ring substituents is 1. The summed E-state index contributed by atoms with van der Waals surface area (Å²) in [5.74, 6) is -1.49. The molecule has 0 aliphatic heterocycles. The molecular weight excluding hydrogens is 267 g/mol. The monoisotopic (exact) mass is 284 g/mol. The summed E-state index contributed by atoms with van der Waals surface area (Å²) in [5, 5.41) is 19.7. The molecule has 0 fully saturated rings. The molecule has 0 spiro atoms. The number of carbonyl (C=O) groups is 1. The molecule has 1 aromatic carbocycles. The van der Waals surface area contributed by atoms with Crippen LogP contribution in [-0.4, -0.2) is 33.5 Å². The number of aliphatic carboxylic acids is 1. The lowest BCUT2D eigenvalue weighted by Crippen LogP contribution is -2.34. The summed E-state index contributed by atoms with van der Waals surface area (Å²) in [5.41, 5.74) is 0.0847. The zero-order valence-electron chi connectivity index (χ0n) is 11.4. The summed E-state index contributed by atoms with van der Waals surface area (Å²) in [6.45, 7) is 4.20. The van der Waals surface area contributed by atoms with Crippen LogP contribution in [0.25, 0.3) is 0 Å². The average molecular weight is 284 g/mol. The van der Waals surface area contributed by atoms with E-state index in [9.17, 15) is 19.3 Å². The lowest BCUT2D eigenvalue weighted by molar-refractivity contribution is -0.385.